The minimum atomic E-state index is -0.585. The number of nitrogens with one attached hydrogen (secondary N) is 1. The number of ether oxygens (including phenoxy) is 1. The van der Waals surface area contributed by atoms with Gasteiger partial charge in [-0.2, -0.15) is 0 Å². The van der Waals surface area contributed by atoms with E-state index in [1.807, 2.05) is 24.3 Å². The molecule has 0 radical (unpaired) electrons. The van der Waals surface area contributed by atoms with Gasteiger partial charge in [-0.25, -0.2) is 0 Å². The van der Waals surface area contributed by atoms with Gasteiger partial charge in [0.1, 0.15) is 11.1 Å². The summed E-state index contributed by atoms with van der Waals surface area (Å²) in [7, 11) is 0. The summed E-state index contributed by atoms with van der Waals surface area (Å²) in [5.74, 6) is 1.74. The molecule has 0 saturated carbocycles. The highest BCUT2D eigenvalue weighted by Crippen LogP contribution is 2.50. The summed E-state index contributed by atoms with van der Waals surface area (Å²) in [6.45, 7) is 2.10. The maximum atomic E-state index is 12.4. The zero-order chi connectivity index (χ0) is 17.0. The zero-order valence-electron chi connectivity index (χ0n) is 13.8. The summed E-state index contributed by atoms with van der Waals surface area (Å²) < 4.78 is 6.66. The number of benzene rings is 1. The molecule has 1 N–H and O–H groups in total. The standard InChI is InChI=1S/C21H17NO2S/c1-2-25-20-17-16(19(23)22-20)10-9-13-12-15-8-5-7-14-6-3-4-11-21(14,15)24-18(13)17/h3-12,20H,2H2,1H3,(H,22,23). The maximum Gasteiger partial charge on any atom is 0.252 e. The Morgan fingerprint density at radius 1 is 1.20 bits per heavy atom. The fourth-order valence-corrected chi connectivity index (χ4v) is 4.81. The predicted molar refractivity (Wildman–Crippen MR) is 102 cm³/mol. The molecule has 1 amide bonds. The fraction of sp³-hybridized carbons (Fsp3) is 0.190. The zero-order valence-corrected chi connectivity index (χ0v) is 14.6. The quantitative estimate of drug-likeness (QED) is 0.866. The first-order valence-corrected chi connectivity index (χ1v) is 9.53. The van der Waals surface area contributed by atoms with Gasteiger partial charge in [0.2, 0.25) is 0 Å². The van der Waals surface area contributed by atoms with E-state index in [-0.39, 0.29) is 11.3 Å². The van der Waals surface area contributed by atoms with Gasteiger partial charge in [-0.3, -0.25) is 4.79 Å². The summed E-state index contributed by atoms with van der Waals surface area (Å²) in [6, 6.07) is 3.90. The van der Waals surface area contributed by atoms with Crippen LogP contribution in [-0.4, -0.2) is 17.3 Å². The molecule has 1 spiro atoms. The van der Waals surface area contributed by atoms with Gasteiger partial charge >= 0.3 is 0 Å². The third-order valence-corrected chi connectivity index (χ3v) is 6.05. The summed E-state index contributed by atoms with van der Waals surface area (Å²) in [5.41, 5.74) is 4.39. The molecule has 0 fully saturated rings. The van der Waals surface area contributed by atoms with E-state index < -0.39 is 5.60 Å². The summed E-state index contributed by atoms with van der Waals surface area (Å²) in [4.78, 5) is 12.4. The molecule has 2 aliphatic carbocycles. The van der Waals surface area contributed by atoms with Crippen LogP contribution in [0.2, 0.25) is 0 Å². The first kappa shape index (κ1) is 14.8. The van der Waals surface area contributed by atoms with Crippen LogP contribution >= 0.6 is 11.8 Å². The van der Waals surface area contributed by atoms with Crippen molar-refractivity contribution >= 4 is 23.7 Å². The van der Waals surface area contributed by atoms with Crippen LogP contribution in [0.1, 0.15) is 33.8 Å². The molecule has 0 saturated heterocycles. The lowest BCUT2D eigenvalue weighted by atomic mass is 9.77. The molecule has 2 atom stereocenters. The van der Waals surface area contributed by atoms with Crippen molar-refractivity contribution in [2.75, 3.05) is 5.75 Å². The molecule has 4 heteroatoms. The minimum absolute atomic E-state index is 0.0157. The number of carbonyl (C=O) groups excluding carboxylic acids is 1. The van der Waals surface area contributed by atoms with Crippen LogP contribution in [-0.2, 0) is 0 Å². The second-order valence-electron chi connectivity index (χ2n) is 6.39. The Kier molecular flexibility index (Phi) is 3.13. The molecule has 0 bridgehead atoms. The third-order valence-electron chi connectivity index (χ3n) is 5.03. The number of rotatable bonds is 2. The Labute approximate surface area is 150 Å². The van der Waals surface area contributed by atoms with E-state index in [1.165, 1.54) is 0 Å². The van der Waals surface area contributed by atoms with Gasteiger partial charge in [0, 0.05) is 27.8 Å². The van der Waals surface area contributed by atoms with E-state index in [9.17, 15) is 4.79 Å². The average molecular weight is 347 g/mol. The number of hydrogen-bond acceptors (Lipinski definition) is 3. The van der Waals surface area contributed by atoms with E-state index >= 15 is 0 Å². The molecule has 2 unspecified atom stereocenters. The molecule has 124 valence electrons. The Hall–Kier alpha value is -2.46. The minimum Gasteiger partial charge on any atom is -0.473 e. The van der Waals surface area contributed by atoms with Crippen molar-refractivity contribution in [3.05, 3.63) is 82.5 Å². The molecule has 4 aliphatic rings. The van der Waals surface area contributed by atoms with Crippen molar-refractivity contribution in [2.45, 2.75) is 17.9 Å². The van der Waals surface area contributed by atoms with Crippen molar-refractivity contribution in [3.63, 3.8) is 0 Å². The molecule has 3 nitrogen and oxygen atoms in total. The van der Waals surface area contributed by atoms with Gasteiger partial charge in [-0.15, -0.1) is 11.8 Å². The lowest BCUT2D eigenvalue weighted by Gasteiger charge is -2.41. The van der Waals surface area contributed by atoms with Crippen LogP contribution in [0.5, 0.6) is 5.75 Å². The van der Waals surface area contributed by atoms with Crippen molar-refractivity contribution in [1.82, 2.24) is 5.32 Å². The predicted octanol–water partition coefficient (Wildman–Crippen LogP) is 4.32. The highest BCUT2D eigenvalue weighted by atomic mass is 32.2. The summed E-state index contributed by atoms with van der Waals surface area (Å²) in [6.07, 6.45) is 16.7. The topological polar surface area (TPSA) is 38.3 Å². The third kappa shape index (κ3) is 1.97. The monoisotopic (exact) mass is 347 g/mol. The lowest BCUT2D eigenvalue weighted by molar-refractivity contribution is 0.0965. The smallest absolute Gasteiger partial charge is 0.252 e. The molecule has 5 rings (SSSR count). The molecule has 2 heterocycles. The molecular weight excluding hydrogens is 330 g/mol. The van der Waals surface area contributed by atoms with E-state index in [4.69, 9.17) is 4.74 Å². The molecule has 0 aromatic heterocycles. The highest BCUT2D eigenvalue weighted by molar-refractivity contribution is 7.99. The van der Waals surface area contributed by atoms with Crippen LogP contribution in [0.3, 0.4) is 0 Å². The molecular formula is C21H17NO2S. The number of allylic oxidation sites excluding steroid dienone is 4. The summed E-state index contributed by atoms with van der Waals surface area (Å²) >= 11 is 1.72. The molecule has 2 aliphatic heterocycles. The van der Waals surface area contributed by atoms with Crippen molar-refractivity contribution in [1.29, 1.82) is 0 Å². The first-order valence-electron chi connectivity index (χ1n) is 8.48. The van der Waals surface area contributed by atoms with Crippen LogP contribution < -0.4 is 10.1 Å². The van der Waals surface area contributed by atoms with E-state index in [1.54, 1.807) is 11.8 Å². The number of thioether (sulfide) groups is 1. The molecule has 1 aromatic rings. The SMILES string of the molecule is CCSC1NC(=O)c2ccc3c(c21)OC12C=CC=CC1=CC=CC2=C3. The highest BCUT2D eigenvalue weighted by Gasteiger charge is 2.44. The van der Waals surface area contributed by atoms with Gasteiger partial charge in [0.05, 0.1) is 0 Å². The summed E-state index contributed by atoms with van der Waals surface area (Å²) in [5, 5.41) is 3.02. The molecule has 25 heavy (non-hydrogen) atoms. The first-order chi connectivity index (χ1) is 12.2. The van der Waals surface area contributed by atoms with Crippen molar-refractivity contribution in [2.24, 2.45) is 0 Å². The largest absolute Gasteiger partial charge is 0.473 e. The number of fused-ring (bicyclic) bond motifs is 3. The Morgan fingerprint density at radius 3 is 2.96 bits per heavy atom. The van der Waals surface area contributed by atoms with Crippen molar-refractivity contribution < 1.29 is 9.53 Å². The van der Waals surface area contributed by atoms with E-state index in [0.29, 0.717) is 0 Å². The van der Waals surface area contributed by atoms with Crippen molar-refractivity contribution in [3.8, 4) is 5.75 Å². The van der Waals surface area contributed by atoms with Gasteiger partial charge in [-0.05, 0) is 24.0 Å². The van der Waals surface area contributed by atoms with Gasteiger partial charge in [0.15, 0.2) is 5.60 Å². The Balaban J connectivity index is 1.73. The van der Waals surface area contributed by atoms with Crippen LogP contribution in [0.4, 0.5) is 0 Å². The lowest BCUT2D eigenvalue weighted by Crippen LogP contribution is -2.41. The van der Waals surface area contributed by atoms with Crippen LogP contribution in [0.15, 0.2) is 65.8 Å². The second kappa shape index (κ2) is 5.27. The Morgan fingerprint density at radius 2 is 2.08 bits per heavy atom. The number of hydrogen-bond donors (Lipinski definition) is 1. The number of amides is 1. The normalized spacial score (nSPS) is 27.4. The Bertz CT molecular complexity index is 951. The number of carbonyl (C=O) groups is 1. The fourth-order valence-electron chi connectivity index (χ4n) is 3.89. The second-order valence-corrected chi connectivity index (χ2v) is 7.77. The molecule has 1 aromatic carbocycles. The van der Waals surface area contributed by atoms with Crippen LogP contribution in [0, 0.1) is 0 Å². The van der Waals surface area contributed by atoms with Gasteiger partial charge < -0.3 is 10.1 Å². The maximum absolute atomic E-state index is 12.4. The van der Waals surface area contributed by atoms with E-state index in [2.05, 4.69) is 48.7 Å². The van der Waals surface area contributed by atoms with Crippen LogP contribution in [0.25, 0.3) is 6.08 Å². The van der Waals surface area contributed by atoms with E-state index in [0.717, 1.165) is 39.3 Å². The van der Waals surface area contributed by atoms with Gasteiger partial charge in [-0.1, -0.05) is 49.4 Å². The average Bonchev–Trinajstić information content (AvgIpc) is 2.95. The van der Waals surface area contributed by atoms with Gasteiger partial charge in [0.25, 0.3) is 5.91 Å².